The maximum Gasteiger partial charge on any atom is 0.174 e. The number of furan rings is 1. The lowest BCUT2D eigenvalue weighted by Crippen LogP contribution is -2.29. The van der Waals surface area contributed by atoms with E-state index in [1.54, 1.807) is 0 Å². The molecule has 6 rings (SSSR count). The van der Waals surface area contributed by atoms with Gasteiger partial charge in [0.05, 0.1) is 17.8 Å². The van der Waals surface area contributed by atoms with E-state index in [-0.39, 0.29) is 12.1 Å². The molecule has 3 heterocycles. The fraction of sp³-hybridized carbons (Fsp3) is 0.241. The Balaban J connectivity index is 1.35. The van der Waals surface area contributed by atoms with Crippen molar-refractivity contribution in [3.05, 3.63) is 103 Å². The van der Waals surface area contributed by atoms with Crippen LogP contribution in [-0.4, -0.2) is 16.2 Å². The molecule has 5 nitrogen and oxygen atoms in total. The van der Waals surface area contributed by atoms with Crippen molar-refractivity contribution in [2.75, 3.05) is 4.90 Å². The zero-order chi connectivity index (χ0) is 23.6. The molecule has 1 saturated carbocycles. The average molecular weight is 482 g/mol. The van der Waals surface area contributed by atoms with Gasteiger partial charge in [-0.2, -0.15) is 0 Å². The number of benzene rings is 2. The van der Waals surface area contributed by atoms with E-state index in [1.165, 1.54) is 12.8 Å². The van der Waals surface area contributed by atoms with Crippen molar-refractivity contribution < 1.29 is 9.15 Å². The summed E-state index contributed by atoms with van der Waals surface area (Å²) in [6, 6.07) is 28.1. The molecule has 1 N–H and O–H groups in total. The second kappa shape index (κ2) is 9.55. The zero-order valence-corrected chi connectivity index (χ0v) is 20.2. The van der Waals surface area contributed by atoms with Gasteiger partial charge in [-0.05, 0) is 86.4 Å². The molecular weight excluding hydrogens is 454 g/mol. The van der Waals surface area contributed by atoms with Gasteiger partial charge < -0.3 is 19.4 Å². The molecule has 2 aromatic heterocycles. The SMILES string of the molecule is S=C1N[C@@H](c2ccccn2)[C@@H](c2ccc(-c3ccccc3)o2)N1c1ccc(OC2CCCC2)cc1. The van der Waals surface area contributed by atoms with Gasteiger partial charge in [-0.15, -0.1) is 0 Å². The number of thiocarbonyl (C=S) groups is 1. The van der Waals surface area contributed by atoms with E-state index in [4.69, 9.17) is 21.4 Å². The number of aromatic nitrogens is 1. The number of hydrogen-bond acceptors (Lipinski definition) is 4. The third-order valence-electron chi connectivity index (χ3n) is 6.79. The second-order valence-corrected chi connectivity index (χ2v) is 9.47. The highest BCUT2D eigenvalue weighted by molar-refractivity contribution is 7.80. The van der Waals surface area contributed by atoms with Crippen molar-refractivity contribution in [1.29, 1.82) is 0 Å². The Labute approximate surface area is 210 Å². The molecule has 2 fully saturated rings. The molecule has 35 heavy (non-hydrogen) atoms. The van der Waals surface area contributed by atoms with Crippen LogP contribution >= 0.6 is 12.2 Å². The second-order valence-electron chi connectivity index (χ2n) is 9.08. The van der Waals surface area contributed by atoms with Gasteiger partial charge in [0.15, 0.2) is 5.11 Å². The van der Waals surface area contributed by atoms with E-state index < -0.39 is 0 Å². The molecular formula is C29H27N3O2S. The Morgan fingerprint density at radius 2 is 1.66 bits per heavy atom. The van der Waals surface area contributed by atoms with Crippen LogP contribution in [0.3, 0.4) is 0 Å². The molecule has 2 aliphatic rings. The summed E-state index contributed by atoms with van der Waals surface area (Å²) >= 11 is 5.84. The number of hydrogen-bond donors (Lipinski definition) is 1. The highest BCUT2D eigenvalue weighted by atomic mass is 32.1. The van der Waals surface area contributed by atoms with Gasteiger partial charge in [0, 0.05) is 17.4 Å². The molecule has 1 aliphatic heterocycles. The standard InChI is InChI=1S/C29H27N3O2S/c35-29-31-27(24-12-6-7-19-30-24)28(26-18-17-25(34-26)20-8-2-1-3-9-20)32(29)21-13-15-23(16-14-21)33-22-10-4-5-11-22/h1-3,6-9,12-19,22,27-28H,4-5,10-11H2,(H,31,35)/t27-,28+/m0/s1. The van der Waals surface area contributed by atoms with E-state index in [0.29, 0.717) is 11.2 Å². The molecule has 1 aliphatic carbocycles. The third-order valence-corrected chi connectivity index (χ3v) is 7.11. The maximum atomic E-state index is 6.42. The Bertz CT molecular complexity index is 1280. The fourth-order valence-corrected chi connectivity index (χ4v) is 5.42. The number of nitrogens with one attached hydrogen (secondary N) is 1. The summed E-state index contributed by atoms with van der Waals surface area (Å²) in [7, 11) is 0. The van der Waals surface area contributed by atoms with Gasteiger partial charge in [-0.1, -0.05) is 36.4 Å². The van der Waals surface area contributed by atoms with Gasteiger partial charge in [-0.25, -0.2) is 0 Å². The lowest BCUT2D eigenvalue weighted by molar-refractivity contribution is 0.210. The lowest BCUT2D eigenvalue weighted by atomic mass is 10.0. The average Bonchev–Trinajstić information content (AvgIpc) is 3.66. The minimum Gasteiger partial charge on any atom is -0.490 e. The van der Waals surface area contributed by atoms with Crippen LogP contribution in [0.5, 0.6) is 5.75 Å². The smallest absolute Gasteiger partial charge is 0.174 e. The molecule has 6 heteroatoms. The van der Waals surface area contributed by atoms with Crippen molar-refractivity contribution >= 4 is 23.0 Å². The minimum atomic E-state index is -0.184. The predicted octanol–water partition coefficient (Wildman–Crippen LogP) is 6.84. The topological polar surface area (TPSA) is 50.5 Å². The summed E-state index contributed by atoms with van der Waals surface area (Å²) in [6.45, 7) is 0. The largest absolute Gasteiger partial charge is 0.490 e. The number of ether oxygens (including phenoxy) is 1. The van der Waals surface area contributed by atoms with Crippen LogP contribution in [-0.2, 0) is 0 Å². The van der Waals surface area contributed by atoms with Crippen LogP contribution < -0.4 is 15.0 Å². The van der Waals surface area contributed by atoms with Gasteiger partial charge in [0.2, 0.25) is 0 Å². The van der Waals surface area contributed by atoms with Gasteiger partial charge in [0.1, 0.15) is 23.3 Å². The summed E-state index contributed by atoms with van der Waals surface area (Å²) in [5.41, 5.74) is 2.95. The number of nitrogens with zero attached hydrogens (tertiary/aromatic N) is 2. The van der Waals surface area contributed by atoms with Crippen molar-refractivity contribution in [1.82, 2.24) is 10.3 Å². The predicted molar refractivity (Wildman–Crippen MR) is 141 cm³/mol. The van der Waals surface area contributed by atoms with E-state index >= 15 is 0 Å². The Morgan fingerprint density at radius 3 is 2.40 bits per heavy atom. The molecule has 2 aromatic carbocycles. The van der Waals surface area contributed by atoms with Crippen LogP contribution in [0, 0.1) is 0 Å². The Kier molecular flexibility index (Phi) is 5.96. The molecule has 176 valence electrons. The molecule has 0 bridgehead atoms. The monoisotopic (exact) mass is 481 g/mol. The Hall–Kier alpha value is -3.64. The van der Waals surface area contributed by atoms with Crippen LogP contribution in [0.4, 0.5) is 5.69 Å². The van der Waals surface area contributed by atoms with Crippen LogP contribution in [0.1, 0.15) is 49.2 Å². The van der Waals surface area contributed by atoms with Crippen LogP contribution in [0.25, 0.3) is 11.3 Å². The van der Waals surface area contributed by atoms with Crippen LogP contribution in [0.15, 0.2) is 95.5 Å². The highest BCUT2D eigenvalue weighted by Crippen LogP contribution is 2.43. The quantitative estimate of drug-likeness (QED) is 0.304. The highest BCUT2D eigenvalue weighted by Gasteiger charge is 2.42. The normalized spacial score (nSPS) is 20.2. The van der Waals surface area contributed by atoms with Crippen molar-refractivity contribution in [2.45, 2.75) is 43.9 Å². The summed E-state index contributed by atoms with van der Waals surface area (Å²) in [4.78, 5) is 6.75. The van der Waals surface area contributed by atoms with Crippen molar-refractivity contribution in [2.24, 2.45) is 0 Å². The molecule has 2 atom stereocenters. The molecule has 0 spiro atoms. The number of pyridine rings is 1. The summed E-state index contributed by atoms with van der Waals surface area (Å²) < 4.78 is 12.6. The van der Waals surface area contributed by atoms with Gasteiger partial charge in [0.25, 0.3) is 0 Å². The number of anilines is 1. The van der Waals surface area contributed by atoms with E-state index in [2.05, 4.69) is 39.5 Å². The zero-order valence-electron chi connectivity index (χ0n) is 19.3. The summed E-state index contributed by atoms with van der Waals surface area (Å²) in [6.07, 6.45) is 6.92. The molecule has 0 radical (unpaired) electrons. The summed E-state index contributed by atoms with van der Waals surface area (Å²) in [5.74, 6) is 2.57. The van der Waals surface area contributed by atoms with Crippen LogP contribution in [0.2, 0.25) is 0 Å². The van der Waals surface area contributed by atoms with Crippen molar-refractivity contribution in [3.8, 4) is 17.1 Å². The van der Waals surface area contributed by atoms with Gasteiger partial charge in [-0.3, -0.25) is 4.98 Å². The van der Waals surface area contributed by atoms with Gasteiger partial charge >= 0.3 is 0 Å². The maximum absolute atomic E-state index is 6.42. The molecule has 4 aromatic rings. The first kappa shape index (κ1) is 21.9. The third kappa shape index (κ3) is 4.42. The first-order valence-electron chi connectivity index (χ1n) is 12.2. The van der Waals surface area contributed by atoms with E-state index in [9.17, 15) is 0 Å². The van der Waals surface area contributed by atoms with E-state index in [0.717, 1.165) is 47.1 Å². The molecule has 0 amide bonds. The summed E-state index contributed by atoms with van der Waals surface area (Å²) in [5, 5.41) is 4.14. The minimum absolute atomic E-state index is 0.145. The molecule has 1 saturated heterocycles. The first-order valence-corrected chi connectivity index (χ1v) is 12.6. The fourth-order valence-electron chi connectivity index (χ4n) is 5.08. The number of rotatable bonds is 6. The van der Waals surface area contributed by atoms with Crippen molar-refractivity contribution in [3.63, 3.8) is 0 Å². The Morgan fingerprint density at radius 1 is 0.886 bits per heavy atom. The van der Waals surface area contributed by atoms with E-state index in [1.807, 2.05) is 66.9 Å². The first-order chi connectivity index (χ1) is 17.3. The molecule has 0 unspecified atom stereocenters. The lowest BCUT2D eigenvalue weighted by Gasteiger charge is -2.26.